The number of carbonyl (C=O) groups is 1. The van der Waals surface area contributed by atoms with Crippen LogP contribution in [0, 0.1) is 5.21 Å². The van der Waals surface area contributed by atoms with Crippen molar-refractivity contribution in [1.29, 1.82) is 0 Å². The number of sulfone groups is 1. The molecule has 0 spiro atoms. The number of rotatable bonds is 0. The standard InChI is InChI=1S/C3H6O.C2H7NO.C2H6O2S.C2H6OS/c2*1-3(2)4;1-5(2,3)4;1-4(2)3/h1-2H3;3H,1-2H3;1-2H3;1-2H3. The highest BCUT2D eigenvalue weighted by Crippen LogP contribution is 1.61. The van der Waals surface area contributed by atoms with Crippen molar-refractivity contribution < 1.29 is 22.5 Å². The van der Waals surface area contributed by atoms with Crippen LogP contribution in [-0.2, 0) is 25.4 Å². The molecular weight excluding hydrogens is 266 g/mol. The lowest BCUT2D eigenvalue weighted by atomic mass is 10.6. The van der Waals surface area contributed by atoms with E-state index in [9.17, 15) is 22.6 Å². The fraction of sp³-hybridized carbons (Fsp3) is 0.889. The number of hydrogen-bond acceptors (Lipinski definition) is 5. The lowest BCUT2D eigenvalue weighted by Gasteiger charge is -2.04. The summed E-state index contributed by atoms with van der Waals surface area (Å²) in [6.07, 6.45) is 5.60. The van der Waals surface area contributed by atoms with Crippen LogP contribution < -0.4 is 5.06 Å². The third-order valence-corrected chi connectivity index (χ3v) is 0. The molecule has 0 aromatic carbocycles. The highest BCUT2D eigenvalue weighted by atomic mass is 32.2. The molecule has 0 aliphatic rings. The molecule has 0 aliphatic carbocycles. The first-order chi connectivity index (χ1) is 7.20. The third kappa shape index (κ3) is 30600. The van der Waals surface area contributed by atoms with Crippen LogP contribution in [0.4, 0.5) is 0 Å². The Balaban J connectivity index is -0.0000000667. The number of carbonyl (C=O) groups excluding carboxylic acids is 1. The van der Waals surface area contributed by atoms with Gasteiger partial charge in [-0.05, 0) is 13.8 Å². The molecule has 0 radical (unpaired) electrons. The zero-order chi connectivity index (χ0) is 15.2. The molecule has 108 valence electrons. The van der Waals surface area contributed by atoms with E-state index in [2.05, 4.69) is 0 Å². The van der Waals surface area contributed by atoms with Crippen molar-refractivity contribution in [3.63, 3.8) is 0 Å². The largest absolute Gasteiger partial charge is 0.635 e. The van der Waals surface area contributed by atoms with Crippen LogP contribution >= 0.6 is 0 Å². The topological polar surface area (TPSA) is 95.8 Å². The first-order valence-electron chi connectivity index (χ1n) is 4.54. The van der Waals surface area contributed by atoms with E-state index >= 15 is 0 Å². The summed E-state index contributed by atoms with van der Waals surface area (Å²) in [5.74, 6) is 0.167. The zero-order valence-electron chi connectivity index (χ0n) is 11.9. The first-order valence-corrected chi connectivity index (χ1v) is 8.81. The first kappa shape index (κ1) is 25.5. The molecule has 0 aliphatic heterocycles. The minimum Gasteiger partial charge on any atom is -0.635 e. The van der Waals surface area contributed by atoms with Crippen LogP contribution in [0.1, 0.15) is 13.8 Å². The Morgan fingerprint density at radius 1 is 1.12 bits per heavy atom. The van der Waals surface area contributed by atoms with Crippen molar-refractivity contribution in [2.75, 3.05) is 39.1 Å². The summed E-state index contributed by atoms with van der Waals surface area (Å²) in [7, 11) is -0.222. The van der Waals surface area contributed by atoms with Crippen molar-refractivity contribution >= 4 is 26.4 Å². The van der Waals surface area contributed by atoms with Gasteiger partial charge < -0.3 is 15.1 Å². The fourth-order valence-corrected chi connectivity index (χ4v) is 0. The number of hydroxylamine groups is 2. The summed E-state index contributed by atoms with van der Waals surface area (Å²) in [5.41, 5.74) is 0. The molecule has 0 heterocycles. The Morgan fingerprint density at radius 2 is 1.12 bits per heavy atom. The quantitative estimate of drug-likeness (QED) is 0.570. The van der Waals surface area contributed by atoms with E-state index < -0.39 is 20.6 Å². The highest BCUT2D eigenvalue weighted by molar-refractivity contribution is 7.89. The summed E-state index contributed by atoms with van der Waals surface area (Å²) >= 11 is 0. The van der Waals surface area contributed by atoms with Crippen LogP contribution in [0.15, 0.2) is 0 Å². The Kier molecular flexibility index (Phi) is 23.5. The molecule has 0 saturated heterocycles. The molecule has 17 heavy (non-hydrogen) atoms. The van der Waals surface area contributed by atoms with E-state index in [4.69, 9.17) is 0 Å². The maximum Gasteiger partial charge on any atom is 0.144 e. The van der Waals surface area contributed by atoms with Gasteiger partial charge in [-0.3, -0.25) is 4.21 Å². The molecule has 0 aromatic heterocycles. The van der Waals surface area contributed by atoms with Crippen molar-refractivity contribution in [2.24, 2.45) is 0 Å². The Bertz CT molecular complexity index is 255. The van der Waals surface area contributed by atoms with Gasteiger partial charge in [0.25, 0.3) is 0 Å². The van der Waals surface area contributed by atoms with Gasteiger partial charge in [0.1, 0.15) is 15.6 Å². The molecule has 0 aromatic rings. The second-order valence-corrected chi connectivity index (χ2v) is 7.47. The number of quaternary nitrogens is 1. The van der Waals surface area contributed by atoms with E-state index in [1.807, 2.05) is 0 Å². The van der Waals surface area contributed by atoms with Gasteiger partial charge in [0.05, 0.1) is 14.1 Å². The fourth-order valence-electron chi connectivity index (χ4n) is 0. The molecule has 6 nitrogen and oxygen atoms in total. The van der Waals surface area contributed by atoms with E-state index in [0.29, 0.717) is 0 Å². The molecule has 0 fully saturated rings. The van der Waals surface area contributed by atoms with Gasteiger partial charge in [-0.15, -0.1) is 0 Å². The lowest BCUT2D eigenvalue weighted by molar-refractivity contribution is -0.802. The van der Waals surface area contributed by atoms with Gasteiger partial charge in [0.15, 0.2) is 0 Å². The molecule has 1 N–H and O–H groups in total. The predicted molar refractivity (Wildman–Crippen MR) is 73.3 cm³/mol. The van der Waals surface area contributed by atoms with Crippen molar-refractivity contribution in [1.82, 2.24) is 0 Å². The molecule has 0 saturated carbocycles. The molecule has 8 heteroatoms. The van der Waals surface area contributed by atoms with Gasteiger partial charge in [0, 0.05) is 35.8 Å². The Hall–Kier alpha value is -0.310. The van der Waals surface area contributed by atoms with Gasteiger partial charge >= 0.3 is 0 Å². The smallest absolute Gasteiger partial charge is 0.144 e. The van der Waals surface area contributed by atoms with Gasteiger partial charge in [-0.2, -0.15) is 0 Å². The van der Waals surface area contributed by atoms with Gasteiger partial charge in [-0.1, -0.05) is 0 Å². The minimum atomic E-state index is -2.67. The highest BCUT2D eigenvalue weighted by Gasteiger charge is 1.79. The molecule has 0 atom stereocenters. The van der Waals surface area contributed by atoms with Crippen LogP contribution in [-0.4, -0.2) is 57.5 Å². The second-order valence-electron chi connectivity index (χ2n) is 3.70. The summed E-state index contributed by atoms with van der Waals surface area (Å²) < 4.78 is 28.8. The van der Waals surface area contributed by atoms with Gasteiger partial charge in [0.2, 0.25) is 0 Å². The predicted octanol–water partition coefficient (Wildman–Crippen LogP) is -1.12. The minimum absolute atomic E-state index is 0.167. The number of ketones is 1. The van der Waals surface area contributed by atoms with E-state index in [1.165, 1.54) is 27.9 Å². The van der Waals surface area contributed by atoms with E-state index in [-0.39, 0.29) is 10.8 Å². The Morgan fingerprint density at radius 3 is 1.12 bits per heavy atom. The summed E-state index contributed by atoms with van der Waals surface area (Å²) in [6, 6.07) is 0. The summed E-state index contributed by atoms with van der Waals surface area (Å²) in [5, 5.41) is 9.61. The van der Waals surface area contributed by atoms with Crippen LogP contribution in [0.3, 0.4) is 0 Å². The zero-order valence-corrected chi connectivity index (χ0v) is 13.5. The average molecular weight is 291 g/mol. The van der Waals surface area contributed by atoms with Crippen molar-refractivity contribution in [2.45, 2.75) is 13.8 Å². The maximum absolute atomic E-state index is 9.63. The number of Topliss-reactive ketones (excluding diaryl/α,β-unsaturated/α-hetero) is 1. The number of nitrogens with one attached hydrogen (secondary N) is 1. The normalized spacial score (nSPS) is 9.12. The Labute approximate surface area is 107 Å². The summed E-state index contributed by atoms with van der Waals surface area (Å²) in [4.78, 5) is 9.44. The second kappa shape index (κ2) is 15.7. The van der Waals surface area contributed by atoms with Gasteiger partial charge in [-0.25, -0.2) is 8.42 Å². The number of hydrogen-bond donors (Lipinski definition) is 1. The summed E-state index contributed by atoms with van der Waals surface area (Å²) in [6.45, 7) is 3.06. The molecular formula is C9H25NO5S2. The lowest BCUT2D eigenvalue weighted by Crippen LogP contribution is -3.00. The van der Waals surface area contributed by atoms with E-state index in [0.717, 1.165) is 12.5 Å². The van der Waals surface area contributed by atoms with Crippen molar-refractivity contribution in [3.05, 3.63) is 5.21 Å². The third-order valence-electron chi connectivity index (χ3n) is 0. The average Bonchev–Trinajstić information content (AvgIpc) is 1.73. The maximum atomic E-state index is 9.63. The SMILES string of the molecule is CC(C)=O.CS(C)(=O)=O.CS(C)=O.C[NH+](C)[O-]. The molecule has 0 amide bonds. The van der Waals surface area contributed by atoms with Crippen LogP contribution in [0.2, 0.25) is 0 Å². The monoisotopic (exact) mass is 291 g/mol. The van der Waals surface area contributed by atoms with Crippen molar-refractivity contribution in [3.8, 4) is 0 Å². The van der Waals surface area contributed by atoms with E-state index in [1.54, 1.807) is 12.5 Å². The van der Waals surface area contributed by atoms with Crippen LogP contribution in [0.5, 0.6) is 0 Å². The molecule has 0 rings (SSSR count). The van der Waals surface area contributed by atoms with Crippen LogP contribution in [0.25, 0.3) is 0 Å². The molecule has 0 bridgehead atoms. The molecule has 0 unspecified atom stereocenters.